The second-order valence-corrected chi connectivity index (χ2v) is 6.43. The first kappa shape index (κ1) is 16.0. The van der Waals surface area contributed by atoms with Crippen LogP contribution in [0.1, 0.15) is 53.2 Å². The van der Waals surface area contributed by atoms with Crippen LogP contribution in [-0.2, 0) is 22.4 Å². The molecular weight excluding hydrogens is 286 g/mol. The van der Waals surface area contributed by atoms with E-state index in [2.05, 4.69) is 0 Å². The molecule has 0 aromatic carbocycles. The van der Waals surface area contributed by atoms with Crippen LogP contribution in [0.2, 0.25) is 0 Å². The highest BCUT2D eigenvalue weighted by Gasteiger charge is 2.23. The molecule has 1 aliphatic rings. The number of nitrogens with zero attached hydrogens (tertiary/aromatic N) is 1. The minimum absolute atomic E-state index is 0.0377. The lowest BCUT2D eigenvalue weighted by atomic mass is 9.99. The van der Waals surface area contributed by atoms with Crippen LogP contribution in [-0.4, -0.2) is 36.5 Å². The maximum atomic E-state index is 12.6. The molecule has 0 saturated heterocycles. The molecule has 116 valence electrons. The molecule has 1 aliphatic carbocycles. The van der Waals surface area contributed by atoms with Gasteiger partial charge in [0.25, 0.3) is 5.91 Å². The third-order valence-electron chi connectivity index (χ3n) is 3.61. The van der Waals surface area contributed by atoms with E-state index in [0.717, 1.165) is 24.1 Å². The fourth-order valence-corrected chi connectivity index (χ4v) is 3.86. The first-order chi connectivity index (χ1) is 10.2. The summed E-state index contributed by atoms with van der Waals surface area (Å²) in [6.45, 7) is 4.76. The van der Waals surface area contributed by atoms with Crippen molar-refractivity contribution in [2.24, 2.45) is 0 Å². The summed E-state index contributed by atoms with van der Waals surface area (Å²) in [4.78, 5) is 28.0. The SMILES string of the molecule is CCCN(CC(=O)OCC)C(=O)c1cc2c(s1)CCCC2. The molecule has 0 spiro atoms. The van der Waals surface area contributed by atoms with E-state index in [-0.39, 0.29) is 18.4 Å². The lowest BCUT2D eigenvalue weighted by Crippen LogP contribution is -2.36. The normalized spacial score (nSPS) is 13.6. The van der Waals surface area contributed by atoms with E-state index in [0.29, 0.717) is 13.2 Å². The number of aryl methyl sites for hydroxylation is 2. The molecule has 1 aromatic heterocycles. The van der Waals surface area contributed by atoms with Crippen LogP contribution in [0.4, 0.5) is 0 Å². The average molecular weight is 309 g/mol. The van der Waals surface area contributed by atoms with Crippen molar-refractivity contribution in [3.63, 3.8) is 0 Å². The second kappa shape index (κ2) is 7.59. The van der Waals surface area contributed by atoms with Gasteiger partial charge < -0.3 is 9.64 Å². The molecule has 0 bridgehead atoms. The summed E-state index contributed by atoms with van der Waals surface area (Å²) in [7, 11) is 0. The molecule has 0 saturated carbocycles. The summed E-state index contributed by atoms with van der Waals surface area (Å²) < 4.78 is 4.96. The summed E-state index contributed by atoms with van der Waals surface area (Å²) in [5, 5.41) is 0. The number of hydrogen-bond acceptors (Lipinski definition) is 4. The number of thiophene rings is 1. The van der Waals surface area contributed by atoms with Gasteiger partial charge in [0.05, 0.1) is 11.5 Å². The quantitative estimate of drug-likeness (QED) is 0.759. The number of hydrogen-bond donors (Lipinski definition) is 0. The Morgan fingerprint density at radius 3 is 2.71 bits per heavy atom. The average Bonchev–Trinajstić information content (AvgIpc) is 2.90. The van der Waals surface area contributed by atoms with Gasteiger partial charge >= 0.3 is 5.97 Å². The Hall–Kier alpha value is -1.36. The molecule has 2 rings (SSSR count). The highest BCUT2D eigenvalue weighted by atomic mass is 32.1. The number of rotatable bonds is 6. The molecule has 0 N–H and O–H groups in total. The summed E-state index contributed by atoms with van der Waals surface area (Å²) in [6.07, 6.45) is 5.40. The lowest BCUT2D eigenvalue weighted by Gasteiger charge is -2.20. The van der Waals surface area contributed by atoms with Gasteiger partial charge in [0.2, 0.25) is 0 Å². The monoisotopic (exact) mass is 309 g/mol. The number of amides is 1. The number of fused-ring (bicyclic) bond motifs is 1. The molecule has 0 radical (unpaired) electrons. The molecule has 0 unspecified atom stereocenters. The van der Waals surface area contributed by atoms with Gasteiger partial charge in [0.15, 0.2) is 0 Å². The second-order valence-electron chi connectivity index (χ2n) is 5.30. The lowest BCUT2D eigenvalue weighted by molar-refractivity contribution is -0.143. The molecule has 1 amide bonds. The van der Waals surface area contributed by atoms with Crippen LogP contribution in [0, 0.1) is 0 Å². The highest BCUT2D eigenvalue weighted by Crippen LogP contribution is 2.30. The van der Waals surface area contributed by atoms with Gasteiger partial charge in [0.1, 0.15) is 6.54 Å². The van der Waals surface area contributed by atoms with E-state index in [1.165, 1.54) is 23.3 Å². The first-order valence-corrected chi connectivity index (χ1v) is 8.53. The van der Waals surface area contributed by atoms with Crippen LogP contribution in [0.3, 0.4) is 0 Å². The molecule has 5 heteroatoms. The van der Waals surface area contributed by atoms with E-state index < -0.39 is 0 Å². The maximum Gasteiger partial charge on any atom is 0.325 e. The summed E-state index contributed by atoms with van der Waals surface area (Å²) >= 11 is 1.59. The van der Waals surface area contributed by atoms with Gasteiger partial charge in [-0.25, -0.2) is 0 Å². The van der Waals surface area contributed by atoms with Gasteiger partial charge in [-0.1, -0.05) is 6.92 Å². The Kier molecular flexibility index (Phi) is 5.79. The molecule has 21 heavy (non-hydrogen) atoms. The van der Waals surface area contributed by atoms with Gasteiger partial charge in [-0.15, -0.1) is 11.3 Å². The van der Waals surface area contributed by atoms with Crippen molar-refractivity contribution in [2.45, 2.75) is 46.0 Å². The summed E-state index contributed by atoms with van der Waals surface area (Å²) in [5.74, 6) is -0.370. The van der Waals surface area contributed by atoms with E-state index in [4.69, 9.17) is 4.74 Å². The Balaban J connectivity index is 2.10. The van der Waals surface area contributed by atoms with E-state index in [1.807, 2.05) is 13.0 Å². The molecule has 0 atom stereocenters. The van der Waals surface area contributed by atoms with Crippen molar-refractivity contribution in [2.75, 3.05) is 19.7 Å². The summed E-state index contributed by atoms with van der Waals surface area (Å²) in [6, 6.07) is 2.02. The van der Waals surface area contributed by atoms with Crippen LogP contribution in [0.25, 0.3) is 0 Å². The largest absolute Gasteiger partial charge is 0.465 e. The standard InChI is InChI=1S/C16H23NO3S/c1-3-9-17(11-15(18)20-4-2)16(19)14-10-12-7-5-6-8-13(12)21-14/h10H,3-9,11H2,1-2H3. The van der Waals surface area contributed by atoms with Crippen LogP contribution >= 0.6 is 11.3 Å². The van der Waals surface area contributed by atoms with Crippen molar-refractivity contribution < 1.29 is 14.3 Å². The summed E-state index contributed by atoms with van der Waals surface area (Å²) in [5.41, 5.74) is 1.32. The zero-order valence-corrected chi connectivity index (χ0v) is 13.6. The van der Waals surface area contributed by atoms with Gasteiger partial charge in [-0.3, -0.25) is 9.59 Å². The van der Waals surface area contributed by atoms with Crippen molar-refractivity contribution in [1.82, 2.24) is 4.90 Å². The van der Waals surface area contributed by atoms with Gasteiger partial charge in [0, 0.05) is 11.4 Å². The Morgan fingerprint density at radius 1 is 1.29 bits per heavy atom. The Bertz CT molecular complexity index is 486. The third kappa shape index (κ3) is 4.06. The minimum Gasteiger partial charge on any atom is -0.465 e. The van der Waals surface area contributed by atoms with Crippen molar-refractivity contribution >= 4 is 23.2 Å². The number of esters is 1. The molecule has 0 aliphatic heterocycles. The molecule has 4 nitrogen and oxygen atoms in total. The highest BCUT2D eigenvalue weighted by molar-refractivity contribution is 7.14. The molecule has 1 heterocycles. The topological polar surface area (TPSA) is 46.6 Å². The Labute approximate surface area is 130 Å². The molecule has 1 aromatic rings. The van der Waals surface area contributed by atoms with Gasteiger partial charge in [-0.2, -0.15) is 0 Å². The predicted molar refractivity (Wildman–Crippen MR) is 83.8 cm³/mol. The third-order valence-corrected chi connectivity index (χ3v) is 4.84. The fraction of sp³-hybridized carbons (Fsp3) is 0.625. The van der Waals surface area contributed by atoms with Crippen molar-refractivity contribution in [3.05, 3.63) is 21.4 Å². The zero-order chi connectivity index (χ0) is 15.2. The zero-order valence-electron chi connectivity index (χ0n) is 12.8. The first-order valence-electron chi connectivity index (χ1n) is 7.72. The number of carbonyl (C=O) groups excluding carboxylic acids is 2. The maximum absolute atomic E-state index is 12.6. The van der Waals surface area contributed by atoms with Crippen molar-refractivity contribution in [3.8, 4) is 0 Å². The fourth-order valence-electron chi connectivity index (χ4n) is 2.64. The van der Waals surface area contributed by atoms with Crippen LogP contribution < -0.4 is 0 Å². The Morgan fingerprint density at radius 2 is 2.05 bits per heavy atom. The molecular formula is C16H23NO3S. The van der Waals surface area contributed by atoms with E-state index >= 15 is 0 Å². The predicted octanol–water partition coefficient (Wildman–Crippen LogP) is 3.04. The van der Waals surface area contributed by atoms with E-state index in [9.17, 15) is 9.59 Å². The smallest absolute Gasteiger partial charge is 0.325 e. The number of carbonyl (C=O) groups is 2. The number of ether oxygens (including phenoxy) is 1. The van der Waals surface area contributed by atoms with Crippen LogP contribution in [0.5, 0.6) is 0 Å². The van der Waals surface area contributed by atoms with Crippen LogP contribution in [0.15, 0.2) is 6.07 Å². The van der Waals surface area contributed by atoms with Crippen molar-refractivity contribution in [1.29, 1.82) is 0 Å². The van der Waals surface area contributed by atoms with Gasteiger partial charge in [-0.05, 0) is 50.7 Å². The molecule has 0 fully saturated rings. The minimum atomic E-state index is -0.333. The van der Waals surface area contributed by atoms with E-state index in [1.54, 1.807) is 23.2 Å².